The monoisotopic (exact) mass is 564 g/mol. The predicted molar refractivity (Wildman–Crippen MR) is 158 cm³/mol. The Morgan fingerprint density at radius 1 is 0.762 bits per heavy atom. The van der Waals surface area contributed by atoms with Gasteiger partial charge in [0.2, 0.25) is 0 Å². The smallest absolute Gasteiger partial charge is 0.330 e. The SMILES string of the molecule is C=CC(=O)OCCOc1ccc(OCCOC(=O)C2CC3c4ccccc4C2(OC)c2ccccc23)c2ccccc12. The van der Waals surface area contributed by atoms with Crippen LogP contribution in [0.2, 0.25) is 0 Å². The zero-order valence-electron chi connectivity index (χ0n) is 23.4. The van der Waals surface area contributed by atoms with Gasteiger partial charge in [0.05, 0.1) is 5.92 Å². The number of methoxy groups -OCH3 is 1. The Balaban J connectivity index is 1.13. The Bertz CT molecular complexity index is 1590. The summed E-state index contributed by atoms with van der Waals surface area (Å²) in [5.74, 6) is 0.164. The first-order valence-electron chi connectivity index (χ1n) is 14.1. The van der Waals surface area contributed by atoms with Crippen molar-refractivity contribution in [2.24, 2.45) is 5.92 Å². The van der Waals surface area contributed by atoms with Crippen molar-refractivity contribution in [1.82, 2.24) is 0 Å². The van der Waals surface area contributed by atoms with Crippen LogP contribution in [-0.4, -0.2) is 45.5 Å². The second kappa shape index (κ2) is 11.7. The van der Waals surface area contributed by atoms with E-state index in [1.165, 1.54) is 11.1 Å². The van der Waals surface area contributed by atoms with Crippen molar-refractivity contribution in [1.29, 1.82) is 0 Å². The van der Waals surface area contributed by atoms with Gasteiger partial charge < -0.3 is 23.7 Å². The minimum atomic E-state index is -0.893. The first-order valence-corrected chi connectivity index (χ1v) is 14.1. The maximum atomic E-state index is 13.6. The second-order valence-corrected chi connectivity index (χ2v) is 10.3. The third kappa shape index (κ3) is 4.69. The van der Waals surface area contributed by atoms with Crippen LogP contribution in [0.1, 0.15) is 34.6 Å². The summed E-state index contributed by atoms with van der Waals surface area (Å²) in [4.78, 5) is 24.9. The van der Waals surface area contributed by atoms with Gasteiger partial charge in [0.15, 0.2) is 0 Å². The number of esters is 2. The minimum absolute atomic E-state index is 0.102. The topological polar surface area (TPSA) is 80.3 Å². The Kier molecular flexibility index (Phi) is 7.68. The molecule has 3 aliphatic rings. The standard InChI is InChI=1S/C35H32O7/c1-3-33(36)41-20-18-39-31-16-17-32(26-13-5-4-12-25(26)31)40-19-21-42-34(37)30-22-27-23-10-6-8-14-28(23)35(30,38-2)29-15-9-7-11-24(27)29/h3-17,27,30H,1,18-22H2,2H3. The maximum Gasteiger partial charge on any atom is 0.330 e. The molecule has 0 saturated heterocycles. The molecule has 0 amide bonds. The molecule has 0 aromatic heterocycles. The average molecular weight is 565 g/mol. The molecule has 7 heteroatoms. The van der Waals surface area contributed by atoms with Crippen LogP contribution in [0, 0.1) is 5.92 Å². The number of benzene rings is 4. The van der Waals surface area contributed by atoms with Gasteiger partial charge in [0.1, 0.15) is 43.5 Å². The number of carbonyl (C=O) groups is 2. The summed E-state index contributed by atoms with van der Waals surface area (Å²) in [7, 11) is 1.68. The fourth-order valence-corrected chi connectivity index (χ4v) is 6.49. The number of hydrogen-bond acceptors (Lipinski definition) is 7. The summed E-state index contributed by atoms with van der Waals surface area (Å²) in [6, 6.07) is 27.8. The van der Waals surface area contributed by atoms with E-state index in [0.29, 0.717) is 17.9 Å². The zero-order chi connectivity index (χ0) is 29.1. The van der Waals surface area contributed by atoms with E-state index in [-0.39, 0.29) is 38.3 Å². The summed E-state index contributed by atoms with van der Waals surface area (Å²) < 4.78 is 29.0. The van der Waals surface area contributed by atoms with Crippen molar-refractivity contribution >= 4 is 22.7 Å². The van der Waals surface area contributed by atoms with Crippen LogP contribution in [0.5, 0.6) is 11.5 Å². The fraction of sp³-hybridized carbons (Fsp3) is 0.257. The Morgan fingerprint density at radius 2 is 1.29 bits per heavy atom. The molecule has 0 aliphatic heterocycles. The van der Waals surface area contributed by atoms with Gasteiger partial charge in [-0.15, -0.1) is 0 Å². The van der Waals surface area contributed by atoms with E-state index < -0.39 is 17.5 Å². The van der Waals surface area contributed by atoms with E-state index in [2.05, 4.69) is 30.8 Å². The number of fused-ring (bicyclic) bond motifs is 2. The molecule has 42 heavy (non-hydrogen) atoms. The highest BCUT2D eigenvalue weighted by molar-refractivity contribution is 5.93. The number of rotatable bonds is 11. The summed E-state index contributed by atoms with van der Waals surface area (Å²) in [6.07, 6.45) is 1.74. The van der Waals surface area contributed by atoms with Crippen LogP contribution < -0.4 is 9.47 Å². The molecule has 2 bridgehead atoms. The quantitative estimate of drug-likeness (QED) is 0.127. The first-order chi connectivity index (χ1) is 20.6. The van der Waals surface area contributed by atoms with Crippen LogP contribution in [0.15, 0.2) is 97.6 Å². The van der Waals surface area contributed by atoms with Crippen molar-refractivity contribution in [2.45, 2.75) is 17.9 Å². The molecule has 1 unspecified atom stereocenters. The zero-order valence-corrected chi connectivity index (χ0v) is 23.4. The van der Waals surface area contributed by atoms with E-state index in [0.717, 1.165) is 28.0 Å². The molecule has 0 N–H and O–H groups in total. The van der Waals surface area contributed by atoms with E-state index >= 15 is 0 Å². The molecule has 1 atom stereocenters. The maximum absolute atomic E-state index is 13.6. The molecule has 0 saturated carbocycles. The third-order valence-corrected chi connectivity index (χ3v) is 8.22. The van der Waals surface area contributed by atoms with Gasteiger partial charge in [0.25, 0.3) is 0 Å². The lowest BCUT2D eigenvalue weighted by atomic mass is 9.56. The van der Waals surface area contributed by atoms with Crippen molar-refractivity contribution in [3.63, 3.8) is 0 Å². The van der Waals surface area contributed by atoms with Crippen LogP contribution >= 0.6 is 0 Å². The van der Waals surface area contributed by atoms with Gasteiger partial charge in [-0.2, -0.15) is 0 Å². The predicted octanol–water partition coefficient (Wildman–Crippen LogP) is 5.93. The number of hydrogen-bond donors (Lipinski definition) is 0. The van der Waals surface area contributed by atoms with Gasteiger partial charge in [-0.1, -0.05) is 79.4 Å². The van der Waals surface area contributed by atoms with Crippen molar-refractivity contribution < 1.29 is 33.3 Å². The van der Waals surface area contributed by atoms with E-state index in [1.54, 1.807) is 7.11 Å². The van der Waals surface area contributed by atoms with Crippen molar-refractivity contribution in [2.75, 3.05) is 33.5 Å². The van der Waals surface area contributed by atoms with Gasteiger partial charge in [0, 0.05) is 29.9 Å². The normalized spacial score (nSPS) is 19.8. The second-order valence-electron chi connectivity index (χ2n) is 10.3. The highest BCUT2D eigenvalue weighted by atomic mass is 16.6. The van der Waals surface area contributed by atoms with Gasteiger partial charge in [-0.05, 0) is 40.8 Å². The molecule has 7 nitrogen and oxygen atoms in total. The molecule has 0 heterocycles. The van der Waals surface area contributed by atoms with Gasteiger partial charge >= 0.3 is 11.9 Å². The Hall–Kier alpha value is -4.62. The summed E-state index contributed by atoms with van der Waals surface area (Å²) in [5.41, 5.74) is 3.60. The van der Waals surface area contributed by atoms with E-state index in [9.17, 15) is 9.59 Å². The first kappa shape index (κ1) is 27.5. The highest BCUT2D eigenvalue weighted by Crippen LogP contribution is 2.59. The molecule has 0 fully saturated rings. The van der Waals surface area contributed by atoms with Gasteiger partial charge in [-0.25, -0.2) is 4.79 Å². The molecule has 214 valence electrons. The Morgan fingerprint density at radius 3 is 1.83 bits per heavy atom. The van der Waals surface area contributed by atoms with E-state index in [4.69, 9.17) is 23.7 Å². The van der Waals surface area contributed by atoms with Crippen LogP contribution in [0.3, 0.4) is 0 Å². The van der Waals surface area contributed by atoms with Gasteiger partial charge in [-0.3, -0.25) is 4.79 Å². The fourth-order valence-electron chi connectivity index (χ4n) is 6.49. The lowest BCUT2D eigenvalue weighted by Gasteiger charge is -2.52. The largest absolute Gasteiger partial charge is 0.489 e. The molecule has 0 spiro atoms. The minimum Gasteiger partial charge on any atom is -0.489 e. The molecule has 0 radical (unpaired) electrons. The summed E-state index contributed by atoms with van der Waals surface area (Å²) >= 11 is 0. The van der Waals surface area contributed by atoms with E-state index in [1.807, 2.05) is 60.7 Å². The molecular weight excluding hydrogens is 532 g/mol. The van der Waals surface area contributed by atoms with Crippen LogP contribution in [0.25, 0.3) is 10.8 Å². The van der Waals surface area contributed by atoms with Crippen molar-refractivity contribution in [3.8, 4) is 11.5 Å². The molecule has 3 aliphatic carbocycles. The number of ether oxygens (including phenoxy) is 5. The molecule has 4 aromatic carbocycles. The van der Waals surface area contributed by atoms with Crippen LogP contribution in [-0.2, 0) is 29.4 Å². The molecular formula is C35H32O7. The number of carbonyl (C=O) groups excluding carboxylic acids is 2. The molecule has 7 rings (SSSR count). The summed E-state index contributed by atoms with van der Waals surface area (Å²) in [6.45, 7) is 4.00. The lowest BCUT2D eigenvalue weighted by Crippen LogP contribution is -2.52. The average Bonchev–Trinajstić information content (AvgIpc) is 3.05. The molecule has 4 aromatic rings. The van der Waals surface area contributed by atoms with Crippen molar-refractivity contribution in [3.05, 3.63) is 120 Å². The Labute approximate surface area is 244 Å². The summed E-state index contributed by atoms with van der Waals surface area (Å²) in [5, 5.41) is 1.72. The third-order valence-electron chi connectivity index (χ3n) is 8.22. The van der Waals surface area contributed by atoms with Crippen LogP contribution in [0.4, 0.5) is 0 Å². The lowest BCUT2D eigenvalue weighted by molar-refractivity contribution is -0.163. The highest BCUT2D eigenvalue weighted by Gasteiger charge is 2.57.